The molecular formula is C3H4BP. The Morgan fingerprint density at radius 2 is 2.60 bits per heavy atom. The highest BCUT2D eigenvalue weighted by Crippen LogP contribution is 1.95. The first-order chi connectivity index (χ1) is 2.50. The molecule has 1 aliphatic rings. The Hall–Kier alpha value is -0.0251. The lowest BCUT2D eigenvalue weighted by molar-refractivity contribution is 2.46. The Morgan fingerprint density at radius 3 is 2.80 bits per heavy atom. The molecule has 0 aromatic heterocycles. The second-order valence-corrected chi connectivity index (χ2v) is 1.97. The summed E-state index contributed by atoms with van der Waals surface area (Å²) in [4.78, 5) is 0. The van der Waals surface area contributed by atoms with Crippen molar-refractivity contribution in [2.24, 2.45) is 0 Å². The van der Waals surface area contributed by atoms with E-state index < -0.39 is 0 Å². The fourth-order valence-corrected chi connectivity index (χ4v) is 0.913. The van der Waals surface area contributed by atoms with Crippen LogP contribution in [0.4, 0.5) is 0 Å². The zero-order valence-corrected chi connectivity index (χ0v) is 3.78. The van der Waals surface area contributed by atoms with Gasteiger partial charge in [-0.1, -0.05) is 6.08 Å². The van der Waals surface area contributed by atoms with Gasteiger partial charge in [0.25, 0.3) is 0 Å². The van der Waals surface area contributed by atoms with E-state index in [9.17, 15) is 0 Å². The standard InChI is InChI=1S/C3H4BP/c1-2-4-5-3-1/h1-4H. The normalized spacial score (nSPS) is 19.2. The summed E-state index contributed by atoms with van der Waals surface area (Å²) in [6.07, 6.45) is 2.10. The monoisotopic (exact) mass is 82.0 g/mol. The van der Waals surface area contributed by atoms with E-state index in [1.165, 1.54) is 15.1 Å². The first-order valence-electron chi connectivity index (χ1n) is 1.65. The first kappa shape index (κ1) is 3.18. The van der Waals surface area contributed by atoms with E-state index in [0.717, 1.165) is 0 Å². The molecule has 0 saturated heterocycles. The summed E-state index contributed by atoms with van der Waals surface area (Å²) in [6, 6.07) is 0. The average Bonchev–Trinajstić information content (AvgIpc) is 1.76. The predicted octanol–water partition coefficient (Wildman–Crippen LogP) is 0.614. The third-order valence-electron chi connectivity index (χ3n) is 0.538. The van der Waals surface area contributed by atoms with Gasteiger partial charge in [-0.25, -0.2) is 0 Å². The van der Waals surface area contributed by atoms with Crippen molar-refractivity contribution in [2.45, 2.75) is 0 Å². The molecule has 1 aliphatic heterocycles. The van der Waals surface area contributed by atoms with Crippen LogP contribution >= 0.6 is 8.08 Å². The van der Waals surface area contributed by atoms with E-state index in [0.29, 0.717) is 0 Å². The summed E-state index contributed by atoms with van der Waals surface area (Å²) >= 11 is 0. The van der Waals surface area contributed by atoms with Crippen molar-refractivity contribution in [1.82, 2.24) is 0 Å². The van der Waals surface area contributed by atoms with Crippen LogP contribution in [-0.4, -0.2) is 12.8 Å². The van der Waals surface area contributed by atoms with Crippen LogP contribution in [0.25, 0.3) is 0 Å². The van der Waals surface area contributed by atoms with E-state index in [2.05, 4.69) is 17.8 Å². The topological polar surface area (TPSA) is 0 Å². The van der Waals surface area contributed by atoms with Gasteiger partial charge in [-0.3, -0.25) is 0 Å². The molecule has 0 aromatic rings. The van der Waals surface area contributed by atoms with Gasteiger partial charge in [-0.2, -0.15) is 8.08 Å². The number of rotatable bonds is 0. The molecule has 0 N–H and O–H groups in total. The van der Waals surface area contributed by atoms with Crippen LogP contribution in [0.5, 0.6) is 0 Å². The molecule has 0 saturated carbocycles. The Bertz CT molecular complexity index is 65.0. The highest BCUT2D eigenvalue weighted by molar-refractivity contribution is 7.72. The molecule has 1 heterocycles. The minimum absolute atomic E-state index is 1.24. The number of hydrogen-bond donors (Lipinski definition) is 0. The van der Waals surface area contributed by atoms with Crippen LogP contribution < -0.4 is 0 Å². The van der Waals surface area contributed by atoms with E-state index in [1.54, 1.807) is 0 Å². The molecule has 24 valence electrons. The Morgan fingerprint density at radius 1 is 1.60 bits per heavy atom. The van der Waals surface area contributed by atoms with Gasteiger partial charge in [-0.05, 0) is 5.80 Å². The SMILES string of the molecule is B1C=CC=P1. The van der Waals surface area contributed by atoms with Crippen molar-refractivity contribution in [3.63, 3.8) is 0 Å². The van der Waals surface area contributed by atoms with Gasteiger partial charge in [0.15, 0.2) is 0 Å². The van der Waals surface area contributed by atoms with Crippen LogP contribution in [-0.2, 0) is 0 Å². The highest BCUT2D eigenvalue weighted by Gasteiger charge is 1.77. The largest absolute Gasteiger partial charge is 0.210 e. The van der Waals surface area contributed by atoms with Crippen LogP contribution in [0.15, 0.2) is 12.1 Å². The maximum Gasteiger partial charge on any atom is 0.210 e. The Balaban J connectivity index is 2.61. The van der Waals surface area contributed by atoms with Crippen molar-refractivity contribution in [3.8, 4) is 0 Å². The quantitative estimate of drug-likeness (QED) is 0.296. The van der Waals surface area contributed by atoms with Crippen LogP contribution in [0.1, 0.15) is 0 Å². The second kappa shape index (κ2) is 1.42. The number of hydrogen-bond acceptors (Lipinski definition) is 0. The lowest BCUT2D eigenvalue weighted by Crippen LogP contribution is -1.52. The predicted molar refractivity (Wildman–Crippen MR) is 29.3 cm³/mol. The maximum absolute atomic E-state index is 2.17. The van der Waals surface area contributed by atoms with Gasteiger partial charge in [0.05, 0.1) is 0 Å². The molecule has 0 bridgehead atoms. The third kappa shape index (κ3) is 0.626. The minimum atomic E-state index is 1.24. The molecule has 0 amide bonds. The molecular weight excluding hydrogens is 77.8 g/mol. The molecule has 0 radical (unpaired) electrons. The van der Waals surface area contributed by atoms with E-state index in [4.69, 9.17) is 0 Å². The summed E-state index contributed by atoms with van der Waals surface area (Å²) in [5.74, 6) is 4.32. The zero-order chi connectivity index (χ0) is 3.54. The second-order valence-electron chi connectivity index (χ2n) is 0.942. The van der Waals surface area contributed by atoms with Gasteiger partial charge in [0.2, 0.25) is 7.00 Å². The highest BCUT2D eigenvalue weighted by atomic mass is 31.0. The molecule has 0 aliphatic carbocycles. The van der Waals surface area contributed by atoms with Gasteiger partial charge in [-0.15, -0.1) is 5.98 Å². The molecule has 0 fully saturated rings. The van der Waals surface area contributed by atoms with Crippen LogP contribution in [0.3, 0.4) is 0 Å². The number of allylic oxidation sites excluding steroid dienone is 1. The average molecular weight is 81.9 g/mol. The van der Waals surface area contributed by atoms with E-state index in [-0.39, 0.29) is 0 Å². The molecule has 5 heavy (non-hydrogen) atoms. The zero-order valence-electron chi connectivity index (χ0n) is 2.89. The smallest absolute Gasteiger partial charge is 0.152 e. The first-order valence-corrected chi connectivity index (χ1v) is 2.80. The third-order valence-corrected chi connectivity index (χ3v) is 1.34. The molecule has 0 aromatic carbocycles. The lowest BCUT2D eigenvalue weighted by Gasteiger charge is -1.50. The molecule has 1 rings (SSSR count). The summed E-state index contributed by atoms with van der Waals surface area (Å²) < 4.78 is 0. The van der Waals surface area contributed by atoms with Gasteiger partial charge >= 0.3 is 0 Å². The van der Waals surface area contributed by atoms with Crippen LogP contribution in [0.2, 0.25) is 0 Å². The lowest BCUT2D eigenvalue weighted by atomic mass is 10.1. The van der Waals surface area contributed by atoms with Gasteiger partial charge in [0.1, 0.15) is 0 Å². The molecule has 0 atom stereocenters. The van der Waals surface area contributed by atoms with Gasteiger partial charge < -0.3 is 0 Å². The molecule has 0 spiro atoms. The Kier molecular flexibility index (Phi) is 0.903. The van der Waals surface area contributed by atoms with E-state index in [1.807, 2.05) is 0 Å². The van der Waals surface area contributed by atoms with Crippen LogP contribution in [0, 0.1) is 0 Å². The van der Waals surface area contributed by atoms with Crippen molar-refractivity contribution in [3.05, 3.63) is 12.1 Å². The fraction of sp³-hybridized carbons (Fsp3) is 0. The fourth-order valence-electron chi connectivity index (χ4n) is 0.304. The minimum Gasteiger partial charge on any atom is -0.152 e. The molecule has 2 heteroatoms. The summed E-state index contributed by atoms with van der Waals surface area (Å²) in [5, 5.41) is 0. The van der Waals surface area contributed by atoms with Crippen molar-refractivity contribution >= 4 is 20.9 Å². The Labute approximate surface area is 33.9 Å². The summed E-state index contributed by atoms with van der Waals surface area (Å²) in [5.41, 5.74) is 0. The van der Waals surface area contributed by atoms with E-state index >= 15 is 0 Å². The van der Waals surface area contributed by atoms with Crippen molar-refractivity contribution in [2.75, 3.05) is 0 Å². The maximum atomic E-state index is 2.17. The van der Waals surface area contributed by atoms with Crippen molar-refractivity contribution < 1.29 is 0 Å². The van der Waals surface area contributed by atoms with Crippen molar-refractivity contribution in [1.29, 1.82) is 0 Å². The molecule has 0 nitrogen and oxygen atoms in total. The summed E-state index contributed by atoms with van der Waals surface area (Å²) in [6.45, 7) is 1.24. The molecule has 0 unspecified atom stereocenters. The van der Waals surface area contributed by atoms with Gasteiger partial charge in [0, 0.05) is 0 Å². The summed E-state index contributed by atoms with van der Waals surface area (Å²) in [7, 11) is 1.46.